The number of rotatable bonds is 16. The first-order valence-corrected chi connectivity index (χ1v) is 12.1. The Morgan fingerprint density at radius 1 is 1.00 bits per heavy atom. The summed E-state index contributed by atoms with van der Waals surface area (Å²) in [7, 11) is 0. The van der Waals surface area contributed by atoms with E-state index >= 15 is 0 Å². The smallest absolute Gasteiger partial charge is 0.326 e. The van der Waals surface area contributed by atoms with Crippen LogP contribution in [0.5, 0.6) is 0 Å². The van der Waals surface area contributed by atoms with Gasteiger partial charge in [-0.1, -0.05) is 0 Å². The predicted octanol–water partition coefficient (Wildman–Crippen LogP) is -3.15. The second-order valence-electron chi connectivity index (χ2n) is 8.91. The monoisotopic (exact) mass is 530 g/mol. The number of nitrogens with one attached hydrogen (secondary N) is 3. The molecular weight excluding hydrogens is 492 g/mol. The van der Waals surface area contributed by atoms with Crippen LogP contribution in [0.15, 0.2) is 0 Å². The molecule has 15 heteroatoms. The number of carboxylic acids is 2. The quantitative estimate of drug-likeness (QED) is 0.0924. The van der Waals surface area contributed by atoms with E-state index in [1.165, 1.54) is 11.8 Å². The van der Waals surface area contributed by atoms with Crippen LogP contribution in [-0.2, 0) is 28.8 Å². The molecule has 1 rings (SSSR count). The van der Waals surface area contributed by atoms with Crippen LogP contribution in [-0.4, -0.2) is 106 Å². The zero-order valence-corrected chi connectivity index (χ0v) is 20.9. The van der Waals surface area contributed by atoms with Gasteiger partial charge >= 0.3 is 11.9 Å². The molecule has 210 valence electrons. The lowest BCUT2D eigenvalue weighted by Gasteiger charge is -2.28. The van der Waals surface area contributed by atoms with E-state index in [-0.39, 0.29) is 25.8 Å². The molecule has 1 fully saturated rings. The minimum Gasteiger partial charge on any atom is -0.481 e. The number of unbranched alkanes of at least 4 members (excludes halogenated alkanes) is 1. The normalized spacial score (nSPS) is 18.3. The molecule has 5 unspecified atom stereocenters. The Kier molecular flexibility index (Phi) is 13.5. The van der Waals surface area contributed by atoms with Gasteiger partial charge in [0.05, 0.1) is 12.6 Å². The fourth-order valence-corrected chi connectivity index (χ4v) is 3.80. The highest BCUT2D eigenvalue weighted by atomic mass is 16.4. The minimum atomic E-state index is -1.36. The summed E-state index contributed by atoms with van der Waals surface area (Å²) >= 11 is 0. The van der Waals surface area contributed by atoms with Crippen molar-refractivity contribution in [2.45, 2.75) is 82.1 Å². The van der Waals surface area contributed by atoms with Crippen molar-refractivity contribution in [3.63, 3.8) is 0 Å². The Morgan fingerprint density at radius 3 is 2.24 bits per heavy atom. The molecule has 15 nitrogen and oxygen atoms in total. The molecule has 0 aromatic rings. The Balaban J connectivity index is 2.95. The van der Waals surface area contributed by atoms with E-state index in [1.54, 1.807) is 0 Å². The summed E-state index contributed by atoms with van der Waals surface area (Å²) in [6.45, 7) is 1.26. The highest BCUT2D eigenvalue weighted by molar-refractivity contribution is 5.94. The number of aliphatic hydroxyl groups is 1. The topological polar surface area (TPSA) is 254 Å². The molecule has 10 N–H and O–H groups in total. The summed E-state index contributed by atoms with van der Waals surface area (Å²) in [6.07, 6.45) is 0.00551. The van der Waals surface area contributed by atoms with Crippen molar-refractivity contribution in [3.05, 3.63) is 0 Å². The van der Waals surface area contributed by atoms with Crippen LogP contribution in [0, 0.1) is 0 Å². The van der Waals surface area contributed by atoms with E-state index in [9.17, 15) is 39.0 Å². The number of hydrogen-bond acceptors (Lipinski definition) is 9. The van der Waals surface area contributed by atoms with Gasteiger partial charge in [-0.2, -0.15) is 0 Å². The minimum absolute atomic E-state index is 0.164. The summed E-state index contributed by atoms with van der Waals surface area (Å²) in [4.78, 5) is 74.2. The van der Waals surface area contributed by atoms with Crippen molar-refractivity contribution in [3.8, 4) is 0 Å². The number of nitrogens with zero attached hydrogens (tertiary/aromatic N) is 1. The molecule has 37 heavy (non-hydrogen) atoms. The summed E-state index contributed by atoms with van der Waals surface area (Å²) in [5.74, 6) is -5.42. The first kappa shape index (κ1) is 31.7. The number of aliphatic hydroxyl groups excluding tert-OH is 1. The van der Waals surface area contributed by atoms with Gasteiger partial charge in [-0.05, 0) is 52.0 Å². The molecule has 1 aliphatic heterocycles. The summed E-state index contributed by atoms with van der Waals surface area (Å²) < 4.78 is 0. The molecule has 1 saturated heterocycles. The standard InChI is InChI=1S/C22H38N6O9/c1-12(29)18(24)20(34)25-11-16(30)26-13(7-8-17(31)32)19(33)27-14(5-2-3-9-23)21(35)28-10-4-6-15(28)22(36)37/h12-15,18,29H,2-11,23-24H2,1H3,(H,25,34)(H,26,30)(H,27,33)(H,31,32)(H,36,37). The first-order chi connectivity index (χ1) is 17.4. The number of likely N-dealkylation sites (tertiary alicyclic amines) is 1. The van der Waals surface area contributed by atoms with Crippen molar-refractivity contribution >= 4 is 35.6 Å². The molecule has 1 aliphatic rings. The third-order valence-corrected chi connectivity index (χ3v) is 5.93. The van der Waals surface area contributed by atoms with Crippen molar-refractivity contribution in [2.75, 3.05) is 19.6 Å². The predicted molar refractivity (Wildman–Crippen MR) is 129 cm³/mol. The number of amides is 4. The van der Waals surface area contributed by atoms with Gasteiger partial charge in [0.25, 0.3) is 0 Å². The number of hydrogen-bond donors (Lipinski definition) is 8. The lowest BCUT2D eigenvalue weighted by Crippen LogP contribution is -2.57. The second kappa shape index (κ2) is 15.7. The second-order valence-corrected chi connectivity index (χ2v) is 8.91. The third-order valence-electron chi connectivity index (χ3n) is 5.93. The number of carbonyl (C=O) groups is 6. The fraction of sp³-hybridized carbons (Fsp3) is 0.727. The van der Waals surface area contributed by atoms with Crippen LogP contribution in [0.25, 0.3) is 0 Å². The van der Waals surface area contributed by atoms with Crippen molar-refractivity contribution in [2.24, 2.45) is 11.5 Å². The Labute approximate surface area is 214 Å². The summed E-state index contributed by atoms with van der Waals surface area (Å²) in [5.41, 5.74) is 11.0. The van der Waals surface area contributed by atoms with Gasteiger partial charge in [0.2, 0.25) is 23.6 Å². The van der Waals surface area contributed by atoms with Crippen LogP contribution in [0.3, 0.4) is 0 Å². The maximum atomic E-state index is 13.2. The van der Waals surface area contributed by atoms with E-state index in [0.717, 1.165) is 0 Å². The summed E-state index contributed by atoms with van der Waals surface area (Å²) in [5, 5.41) is 34.9. The number of carboxylic acid groups (broad SMARTS) is 2. The molecule has 0 radical (unpaired) electrons. The summed E-state index contributed by atoms with van der Waals surface area (Å²) in [6, 6.07) is -4.75. The number of aliphatic carboxylic acids is 2. The van der Waals surface area contributed by atoms with E-state index in [2.05, 4.69) is 16.0 Å². The average molecular weight is 531 g/mol. The number of nitrogens with two attached hydrogens (primary N) is 2. The Bertz CT molecular complexity index is 837. The number of carbonyl (C=O) groups excluding carboxylic acids is 4. The Hall–Kier alpha value is -3.30. The van der Waals surface area contributed by atoms with Crippen LogP contribution >= 0.6 is 0 Å². The van der Waals surface area contributed by atoms with Crippen molar-refractivity contribution < 1.29 is 44.1 Å². The lowest BCUT2D eigenvalue weighted by molar-refractivity contribution is -0.149. The third kappa shape index (κ3) is 10.7. The zero-order valence-electron chi connectivity index (χ0n) is 20.9. The van der Waals surface area contributed by atoms with Gasteiger partial charge < -0.3 is 47.6 Å². The Morgan fingerprint density at radius 2 is 1.68 bits per heavy atom. The fourth-order valence-electron chi connectivity index (χ4n) is 3.80. The zero-order chi connectivity index (χ0) is 28.1. The van der Waals surface area contributed by atoms with Crippen molar-refractivity contribution in [1.82, 2.24) is 20.9 Å². The molecule has 0 spiro atoms. The van der Waals surface area contributed by atoms with E-state index in [4.69, 9.17) is 16.6 Å². The average Bonchev–Trinajstić information content (AvgIpc) is 3.33. The van der Waals surface area contributed by atoms with Crippen LogP contribution in [0.2, 0.25) is 0 Å². The molecule has 0 aromatic heterocycles. The highest BCUT2D eigenvalue weighted by Gasteiger charge is 2.38. The molecule has 5 atom stereocenters. The molecule has 0 aromatic carbocycles. The van der Waals surface area contributed by atoms with Gasteiger partial charge in [0.15, 0.2) is 0 Å². The van der Waals surface area contributed by atoms with E-state index in [0.29, 0.717) is 25.8 Å². The van der Waals surface area contributed by atoms with Gasteiger partial charge in [-0.15, -0.1) is 0 Å². The van der Waals surface area contributed by atoms with Gasteiger partial charge in [-0.3, -0.25) is 24.0 Å². The molecule has 4 amide bonds. The molecule has 1 heterocycles. The van der Waals surface area contributed by atoms with Crippen LogP contribution in [0.1, 0.15) is 51.9 Å². The van der Waals surface area contributed by atoms with Gasteiger partial charge in [0, 0.05) is 13.0 Å². The first-order valence-electron chi connectivity index (χ1n) is 12.1. The molecule has 0 saturated carbocycles. The van der Waals surface area contributed by atoms with Crippen LogP contribution < -0.4 is 27.4 Å². The SMILES string of the molecule is CC(O)C(N)C(=O)NCC(=O)NC(CCC(=O)O)C(=O)NC(CCCCN)C(=O)N1CCCC1C(=O)O. The molecule has 0 bridgehead atoms. The maximum Gasteiger partial charge on any atom is 0.326 e. The van der Waals surface area contributed by atoms with Gasteiger partial charge in [0.1, 0.15) is 24.2 Å². The molecule has 0 aliphatic carbocycles. The van der Waals surface area contributed by atoms with Crippen LogP contribution in [0.4, 0.5) is 0 Å². The molecular formula is C22H38N6O9. The largest absolute Gasteiger partial charge is 0.481 e. The maximum absolute atomic E-state index is 13.2. The van der Waals surface area contributed by atoms with Gasteiger partial charge in [-0.25, -0.2) is 4.79 Å². The van der Waals surface area contributed by atoms with Crippen molar-refractivity contribution in [1.29, 1.82) is 0 Å². The lowest BCUT2D eigenvalue weighted by atomic mass is 10.0. The van der Waals surface area contributed by atoms with E-state index in [1.807, 2.05) is 0 Å². The van der Waals surface area contributed by atoms with E-state index < -0.39 is 78.8 Å². The highest BCUT2D eigenvalue weighted by Crippen LogP contribution is 2.20.